The lowest BCUT2D eigenvalue weighted by Gasteiger charge is -2.10. The predicted molar refractivity (Wildman–Crippen MR) is 134 cm³/mol. The molecule has 2 heterocycles. The summed E-state index contributed by atoms with van der Waals surface area (Å²) in [5, 5.41) is 4.15. The van der Waals surface area contributed by atoms with Gasteiger partial charge in [0, 0.05) is 16.7 Å². The quantitative estimate of drug-likeness (QED) is 0.337. The van der Waals surface area contributed by atoms with Gasteiger partial charge in [-0.1, -0.05) is 98.7 Å². The van der Waals surface area contributed by atoms with Crippen LogP contribution >= 0.6 is 0 Å². The fraction of sp³-hybridized carbons (Fsp3) is 0.276. The third-order valence-corrected chi connectivity index (χ3v) is 6.26. The number of aryl methyl sites for hydroxylation is 1. The van der Waals surface area contributed by atoms with Crippen LogP contribution in [-0.4, -0.2) is 15.9 Å². The van der Waals surface area contributed by atoms with E-state index in [1.807, 2.05) is 0 Å². The standard InChI is InChI=1S/C29H29N3O/c1-19-7-5-6-8-24(19)26-18-17-25(30-26)22-13-9-20(10-14-22)21-11-15-23(16-12-21)27-31-28(33-32-27)29(2,3)4/h5-16,25H,17-18H2,1-4H3. The minimum absolute atomic E-state index is 0.156. The average Bonchev–Trinajstić information content (AvgIpc) is 3.50. The largest absolute Gasteiger partial charge is 0.338 e. The van der Waals surface area contributed by atoms with Crippen molar-refractivity contribution in [3.8, 4) is 22.5 Å². The van der Waals surface area contributed by atoms with Gasteiger partial charge in [-0.15, -0.1) is 0 Å². The van der Waals surface area contributed by atoms with Crippen LogP contribution in [0.2, 0.25) is 0 Å². The maximum atomic E-state index is 5.43. The Morgan fingerprint density at radius 2 is 1.45 bits per heavy atom. The van der Waals surface area contributed by atoms with Crippen LogP contribution in [0.15, 0.2) is 82.3 Å². The zero-order chi connectivity index (χ0) is 23.0. The molecule has 0 spiro atoms. The van der Waals surface area contributed by atoms with Gasteiger partial charge in [0.2, 0.25) is 11.7 Å². The molecule has 4 heteroatoms. The van der Waals surface area contributed by atoms with Gasteiger partial charge < -0.3 is 4.52 Å². The van der Waals surface area contributed by atoms with E-state index in [4.69, 9.17) is 9.52 Å². The number of rotatable bonds is 4. The zero-order valence-corrected chi connectivity index (χ0v) is 19.7. The van der Waals surface area contributed by atoms with Crippen molar-refractivity contribution in [1.29, 1.82) is 0 Å². The Morgan fingerprint density at radius 1 is 0.818 bits per heavy atom. The molecule has 1 aliphatic rings. The van der Waals surface area contributed by atoms with Gasteiger partial charge in [-0.3, -0.25) is 4.99 Å². The van der Waals surface area contributed by atoms with Gasteiger partial charge in [0.15, 0.2) is 0 Å². The molecule has 0 aliphatic carbocycles. The number of aromatic nitrogens is 2. The average molecular weight is 436 g/mol. The molecule has 5 rings (SSSR count). The number of benzene rings is 3. The van der Waals surface area contributed by atoms with Crippen LogP contribution < -0.4 is 0 Å². The lowest BCUT2D eigenvalue weighted by molar-refractivity contribution is 0.321. The monoisotopic (exact) mass is 435 g/mol. The summed E-state index contributed by atoms with van der Waals surface area (Å²) in [5.41, 5.74) is 8.25. The molecule has 0 radical (unpaired) electrons. The topological polar surface area (TPSA) is 51.3 Å². The van der Waals surface area contributed by atoms with Gasteiger partial charge in [0.1, 0.15) is 0 Å². The van der Waals surface area contributed by atoms with Gasteiger partial charge in [0.25, 0.3) is 0 Å². The molecule has 4 aromatic rings. The molecule has 0 bridgehead atoms. The molecule has 0 N–H and O–H groups in total. The summed E-state index contributed by atoms with van der Waals surface area (Å²) in [6, 6.07) is 25.9. The number of hydrogen-bond donors (Lipinski definition) is 0. The highest BCUT2D eigenvalue weighted by Gasteiger charge is 2.23. The minimum Gasteiger partial charge on any atom is -0.338 e. The minimum atomic E-state index is -0.156. The summed E-state index contributed by atoms with van der Waals surface area (Å²) in [5.74, 6) is 1.28. The molecule has 4 nitrogen and oxygen atoms in total. The van der Waals surface area contributed by atoms with E-state index in [9.17, 15) is 0 Å². The summed E-state index contributed by atoms with van der Waals surface area (Å²) in [7, 11) is 0. The van der Waals surface area contributed by atoms with E-state index < -0.39 is 0 Å². The van der Waals surface area contributed by atoms with Crippen LogP contribution in [0.5, 0.6) is 0 Å². The third kappa shape index (κ3) is 4.38. The number of aliphatic imine (C=N–C) groups is 1. The van der Waals surface area contributed by atoms with Crippen LogP contribution in [0.4, 0.5) is 0 Å². The third-order valence-electron chi connectivity index (χ3n) is 6.26. The van der Waals surface area contributed by atoms with Crippen LogP contribution in [0.1, 0.15) is 62.2 Å². The van der Waals surface area contributed by atoms with Crippen molar-refractivity contribution in [3.63, 3.8) is 0 Å². The van der Waals surface area contributed by atoms with E-state index in [0.29, 0.717) is 11.7 Å². The van der Waals surface area contributed by atoms with E-state index in [1.165, 1.54) is 33.5 Å². The lowest BCUT2D eigenvalue weighted by Crippen LogP contribution is -2.11. The van der Waals surface area contributed by atoms with Gasteiger partial charge in [-0.2, -0.15) is 4.98 Å². The summed E-state index contributed by atoms with van der Waals surface area (Å²) in [6.07, 6.45) is 2.10. The van der Waals surface area contributed by atoms with Gasteiger partial charge >= 0.3 is 0 Å². The second kappa shape index (κ2) is 8.43. The van der Waals surface area contributed by atoms with Gasteiger partial charge in [-0.25, -0.2) is 0 Å². The highest BCUT2D eigenvalue weighted by atomic mass is 16.5. The fourth-order valence-corrected chi connectivity index (χ4v) is 4.29. The SMILES string of the molecule is Cc1ccccc1C1=NC(c2ccc(-c3ccc(-c4noc(C(C)(C)C)n4)cc3)cc2)CC1. The molecule has 166 valence electrons. The van der Waals surface area contributed by atoms with E-state index in [2.05, 4.69) is 111 Å². The Bertz CT molecular complexity index is 1290. The molecular formula is C29H29N3O. The molecule has 1 aliphatic heterocycles. The molecule has 1 aromatic heterocycles. The van der Waals surface area contributed by atoms with Crippen molar-refractivity contribution in [3.05, 3.63) is 95.4 Å². The molecule has 3 aromatic carbocycles. The normalized spacial score (nSPS) is 16.1. The van der Waals surface area contributed by atoms with E-state index in [-0.39, 0.29) is 11.5 Å². The van der Waals surface area contributed by atoms with Crippen molar-refractivity contribution >= 4 is 5.71 Å². The Morgan fingerprint density at radius 3 is 2.09 bits per heavy atom. The van der Waals surface area contributed by atoms with Crippen molar-refractivity contribution in [2.24, 2.45) is 4.99 Å². The number of nitrogens with zero attached hydrogens (tertiary/aromatic N) is 3. The Hall–Kier alpha value is -3.53. The Balaban J connectivity index is 1.32. The van der Waals surface area contributed by atoms with E-state index in [1.54, 1.807) is 0 Å². The highest BCUT2D eigenvalue weighted by molar-refractivity contribution is 6.02. The van der Waals surface area contributed by atoms with Crippen molar-refractivity contribution in [1.82, 2.24) is 10.1 Å². The molecule has 1 atom stereocenters. The molecule has 0 saturated carbocycles. The predicted octanol–water partition coefficient (Wildman–Crippen LogP) is 7.33. The first-order chi connectivity index (χ1) is 15.9. The maximum absolute atomic E-state index is 5.43. The van der Waals surface area contributed by atoms with Gasteiger partial charge in [0.05, 0.1) is 6.04 Å². The molecule has 0 amide bonds. The highest BCUT2D eigenvalue weighted by Crippen LogP contribution is 2.33. The second-order valence-corrected chi connectivity index (χ2v) is 9.82. The Kier molecular flexibility index (Phi) is 5.45. The van der Waals surface area contributed by atoms with Crippen LogP contribution in [-0.2, 0) is 5.41 Å². The van der Waals surface area contributed by atoms with Crippen molar-refractivity contribution in [2.45, 2.75) is 52.0 Å². The lowest BCUT2D eigenvalue weighted by atomic mass is 9.97. The summed E-state index contributed by atoms with van der Waals surface area (Å²) in [6.45, 7) is 8.36. The van der Waals surface area contributed by atoms with Crippen molar-refractivity contribution < 1.29 is 4.52 Å². The summed E-state index contributed by atoms with van der Waals surface area (Å²) in [4.78, 5) is 9.60. The summed E-state index contributed by atoms with van der Waals surface area (Å²) < 4.78 is 5.43. The van der Waals surface area contributed by atoms with Crippen LogP contribution in [0.25, 0.3) is 22.5 Å². The molecule has 1 unspecified atom stereocenters. The maximum Gasteiger partial charge on any atom is 0.232 e. The first kappa shape index (κ1) is 21.3. The Labute approximate surface area is 195 Å². The summed E-state index contributed by atoms with van der Waals surface area (Å²) >= 11 is 0. The van der Waals surface area contributed by atoms with E-state index >= 15 is 0 Å². The van der Waals surface area contributed by atoms with E-state index in [0.717, 1.165) is 18.4 Å². The first-order valence-electron chi connectivity index (χ1n) is 11.6. The smallest absolute Gasteiger partial charge is 0.232 e. The second-order valence-electron chi connectivity index (χ2n) is 9.82. The number of hydrogen-bond acceptors (Lipinski definition) is 4. The first-order valence-corrected chi connectivity index (χ1v) is 11.6. The van der Waals surface area contributed by atoms with Crippen LogP contribution in [0, 0.1) is 6.92 Å². The zero-order valence-electron chi connectivity index (χ0n) is 19.7. The molecular weight excluding hydrogens is 406 g/mol. The molecule has 0 saturated heterocycles. The molecule has 33 heavy (non-hydrogen) atoms. The van der Waals surface area contributed by atoms with Crippen LogP contribution in [0.3, 0.4) is 0 Å². The van der Waals surface area contributed by atoms with Gasteiger partial charge in [-0.05, 0) is 47.6 Å². The van der Waals surface area contributed by atoms with Crippen molar-refractivity contribution in [2.75, 3.05) is 0 Å². The molecule has 0 fully saturated rings. The fourth-order valence-electron chi connectivity index (χ4n) is 4.29.